The molecule has 1 aromatic carbocycles. The highest BCUT2D eigenvalue weighted by atomic mass is 16.5. The van der Waals surface area contributed by atoms with Gasteiger partial charge in [-0.1, -0.05) is 61.1 Å². The average molecular weight is 339 g/mol. The third-order valence-corrected chi connectivity index (χ3v) is 6.30. The Bertz CT molecular complexity index is 838. The van der Waals surface area contributed by atoms with E-state index < -0.39 is 0 Å². The summed E-state index contributed by atoms with van der Waals surface area (Å²) < 4.78 is 6.06. The molecule has 2 aliphatic carbocycles. The second-order valence-corrected chi connectivity index (χ2v) is 8.85. The van der Waals surface area contributed by atoms with E-state index >= 15 is 0 Å². The van der Waals surface area contributed by atoms with Crippen LogP contribution in [-0.2, 0) is 6.42 Å². The molecule has 0 aromatic heterocycles. The minimum Gasteiger partial charge on any atom is -0.496 e. The fourth-order valence-electron chi connectivity index (χ4n) is 5.09. The lowest BCUT2D eigenvalue weighted by Crippen LogP contribution is -2.35. The predicted octanol–water partition coefficient (Wildman–Crippen LogP) is 4.91. The Morgan fingerprint density at radius 1 is 1.12 bits per heavy atom. The maximum Gasteiger partial charge on any atom is 0.126 e. The van der Waals surface area contributed by atoms with E-state index in [0.717, 1.165) is 12.2 Å². The molecular formula is C24H34O. The van der Waals surface area contributed by atoms with Crippen molar-refractivity contribution in [1.29, 1.82) is 0 Å². The quantitative estimate of drug-likeness (QED) is 0.758. The largest absolute Gasteiger partial charge is 0.496 e. The van der Waals surface area contributed by atoms with Crippen LogP contribution in [0.15, 0.2) is 11.6 Å². The highest BCUT2D eigenvalue weighted by Crippen LogP contribution is 2.48. The molecule has 1 nitrogen and oxygen atoms in total. The van der Waals surface area contributed by atoms with E-state index in [0.29, 0.717) is 29.6 Å². The average Bonchev–Trinajstić information content (AvgIpc) is 2.96. The van der Waals surface area contributed by atoms with E-state index in [9.17, 15) is 0 Å². The van der Waals surface area contributed by atoms with Crippen LogP contribution in [0.4, 0.5) is 0 Å². The van der Waals surface area contributed by atoms with Crippen molar-refractivity contribution in [2.75, 3.05) is 7.11 Å². The molecular weight excluding hydrogens is 304 g/mol. The fraction of sp³-hybridized carbons (Fsp3) is 0.583. The lowest BCUT2D eigenvalue weighted by atomic mass is 9.84. The van der Waals surface area contributed by atoms with E-state index in [2.05, 4.69) is 61.1 Å². The normalized spacial score (nSPS) is 24.8. The van der Waals surface area contributed by atoms with E-state index in [1.807, 2.05) is 7.11 Å². The third-order valence-electron chi connectivity index (χ3n) is 6.30. The molecule has 136 valence electrons. The number of benzene rings is 1. The first-order chi connectivity index (χ1) is 11.7. The molecule has 0 fully saturated rings. The van der Waals surface area contributed by atoms with Gasteiger partial charge >= 0.3 is 0 Å². The summed E-state index contributed by atoms with van der Waals surface area (Å²) in [6.07, 6.45) is 3.54. The minimum absolute atomic E-state index is 0.417. The molecule has 0 saturated heterocycles. The van der Waals surface area contributed by atoms with E-state index in [1.54, 1.807) is 0 Å². The number of methoxy groups -OCH3 is 1. The number of ether oxygens (including phenoxy) is 1. The Morgan fingerprint density at radius 2 is 1.76 bits per heavy atom. The highest BCUT2D eigenvalue weighted by molar-refractivity contribution is 5.80. The van der Waals surface area contributed by atoms with Gasteiger partial charge in [0, 0.05) is 11.5 Å². The predicted molar refractivity (Wildman–Crippen MR) is 109 cm³/mol. The van der Waals surface area contributed by atoms with Crippen LogP contribution in [0.5, 0.6) is 5.75 Å². The molecule has 1 aromatic rings. The first kappa shape index (κ1) is 18.3. The zero-order chi connectivity index (χ0) is 18.6. The van der Waals surface area contributed by atoms with Crippen LogP contribution >= 0.6 is 0 Å². The minimum atomic E-state index is 0.417. The summed E-state index contributed by atoms with van der Waals surface area (Å²) in [5.74, 6) is 3.79. The summed E-state index contributed by atoms with van der Waals surface area (Å²) in [7, 11) is 1.85. The first-order valence-corrected chi connectivity index (χ1v) is 9.88. The monoisotopic (exact) mass is 338 g/mol. The van der Waals surface area contributed by atoms with Gasteiger partial charge in [-0.05, 0) is 62.8 Å². The molecule has 0 bridgehead atoms. The van der Waals surface area contributed by atoms with Gasteiger partial charge in [0.05, 0.1) is 7.11 Å². The molecule has 0 N–H and O–H groups in total. The third kappa shape index (κ3) is 2.58. The molecule has 0 saturated carbocycles. The van der Waals surface area contributed by atoms with Gasteiger partial charge in [-0.2, -0.15) is 0 Å². The number of fused-ring (bicyclic) bond motifs is 2. The van der Waals surface area contributed by atoms with Crippen LogP contribution in [-0.4, -0.2) is 7.11 Å². The van der Waals surface area contributed by atoms with Crippen LogP contribution < -0.4 is 15.2 Å². The second-order valence-electron chi connectivity index (χ2n) is 8.85. The van der Waals surface area contributed by atoms with Crippen molar-refractivity contribution in [3.63, 3.8) is 0 Å². The van der Waals surface area contributed by atoms with Crippen molar-refractivity contribution in [1.82, 2.24) is 0 Å². The molecule has 3 atom stereocenters. The van der Waals surface area contributed by atoms with Crippen molar-refractivity contribution in [2.45, 2.75) is 66.7 Å². The van der Waals surface area contributed by atoms with E-state index in [1.165, 1.54) is 38.3 Å². The van der Waals surface area contributed by atoms with Crippen LogP contribution in [0.3, 0.4) is 0 Å². The van der Waals surface area contributed by atoms with Gasteiger partial charge in [0.25, 0.3) is 0 Å². The lowest BCUT2D eigenvalue weighted by molar-refractivity contribution is 0.398. The number of hydrogen-bond donors (Lipinski definition) is 0. The molecule has 1 heteroatoms. The zero-order valence-corrected chi connectivity index (χ0v) is 17.3. The van der Waals surface area contributed by atoms with Gasteiger partial charge in [0.2, 0.25) is 0 Å². The van der Waals surface area contributed by atoms with Crippen molar-refractivity contribution in [2.24, 2.45) is 17.8 Å². The summed E-state index contributed by atoms with van der Waals surface area (Å²) in [6.45, 7) is 20.8. The Balaban J connectivity index is 2.47. The molecule has 0 aliphatic heterocycles. The van der Waals surface area contributed by atoms with Crippen LogP contribution in [0, 0.1) is 17.8 Å². The summed E-state index contributed by atoms with van der Waals surface area (Å²) in [6, 6.07) is 0. The van der Waals surface area contributed by atoms with Gasteiger partial charge in [-0.3, -0.25) is 0 Å². The second kappa shape index (κ2) is 6.34. The maximum atomic E-state index is 6.06. The van der Waals surface area contributed by atoms with Crippen LogP contribution in [0.25, 0.3) is 12.2 Å². The van der Waals surface area contributed by atoms with Gasteiger partial charge in [-0.25, -0.2) is 0 Å². The standard InChI is InChI=1S/C24H34O/c1-12(2)10-19-20(13(3)4)17(8)22-21-15(6)14(5)11-18(21)16(7)23(22)24(19)25-9/h11-16H,8,10H2,1-7,9H3. The Hall–Kier alpha value is -1.50. The topological polar surface area (TPSA) is 9.23 Å². The molecule has 25 heavy (non-hydrogen) atoms. The van der Waals surface area contributed by atoms with Crippen molar-refractivity contribution in [3.8, 4) is 5.75 Å². The van der Waals surface area contributed by atoms with Gasteiger partial charge in [-0.15, -0.1) is 0 Å². The molecule has 0 radical (unpaired) electrons. The SMILES string of the molecule is C=c1c(C(C)C)c(CC(C)C)c(OC)c2c1=C1C(=CC(C)C1C)C2C. The van der Waals surface area contributed by atoms with Crippen molar-refractivity contribution >= 4 is 12.2 Å². The lowest BCUT2D eigenvalue weighted by Gasteiger charge is -2.23. The molecule has 3 unspecified atom stereocenters. The van der Waals surface area contributed by atoms with Gasteiger partial charge in [0.15, 0.2) is 0 Å². The Labute approximate surface area is 153 Å². The zero-order valence-electron chi connectivity index (χ0n) is 17.3. The summed E-state index contributed by atoms with van der Waals surface area (Å²) >= 11 is 0. The number of allylic oxidation sites excluding steroid dienone is 2. The molecule has 0 heterocycles. The molecule has 0 spiro atoms. The smallest absolute Gasteiger partial charge is 0.126 e. The number of hydrogen-bond acceptors (Lipinski definition) is 1. The maximum absolute atomic E-state index is 6.06. The van der Waals surface area contributed by atoms with Crippen molar-refractivity contribution in [3.05, 3.63) is 38.8 Å². The molecule has 3 rings (SSSR count). The first-order valence-electron chi connectivity index (χ1n) is 9.88. The van der Waals surface area contributed by atoms with Gasteiger partial charge in [0.1, 0.15) is 5.75 Å². The molecule has 2 aliphatic rings. The van der Waals surface area contributed by atoms with Crippen LogP contribution in [0.1, 0.15) is 77.0 Å². The fourth-order valence-corrected chi connectivity index (χ4v) is 5.09. The highest BCUT2D eigenvalue weighted by Gasteiger charge is 2.38. The Kier molecular flexibility index (Phi) is 4.64. The van der Waals surface area contributed by atoms with E-state index in [-0.39, 0.29) is 0 Å². The summed E-state index contributed by atoms with van der Waals surface area (Å²) in [5, 5.41) is 2.66. The number of rotatable bonds is 4. The summed E-state index contributed by atoms with van der Waals surface area (Å²) in [4.78, 5) is 0. The molecule has 0 amide bonds. The van der Waals surface area contributed by atoms with Gasteiger partial charge < -0.3 is 4.74 Å². The van der Waals surface area contributed by atoms with Crippen molar-refractivity contribution < 1.29 is 4.74 Å². The van der Waals surface area contributed by atoms with Crippen LogP contribution in [0.2, 0.25) is 0 Å². The van der Waals surface area contributed by atoms with E-state index in [4.69, 9.17) is 4.74 Å². The summed E-state index contributed by atoms with van der Waals surface area (Å²) in [5.41, 5.74) is 7.26. The Morgan fingerprint density at radius 3 is 2.28 bits per heavy atom.